The molecule has 5 amide bonds. The lowest BCUT2D eigenvalue weighted by Crippen LogP contribution is -2.56. The van der Waals surface area contributed by atoms with Gasteiger partial charge in [0.1, 0.15) is 23.2 Å². The molecule has 2 saturated heterocycles. The van der Waals surface area contributed by atoms with Crippen molar-refractivity contribution in [1.29, 1.82) is 0 Å². The first kappa shape index (κ1) is 22.4. The zero-order valence-electron chi connectivity index (χ0n) is 18.0. The number of nitrogens with one attached hydrogen (secondary N) is 1. The van der Waals surface area contributed by atoms with Gasteiger partial charge in [-0.25, -0.2) is 18.5 Å². The Morgan fingerprint density at radius 2 is 1.76 bits per heavy atom. The quantitative estimate of drug-likeness (QED) is 0.700. The fraction of sp³-hybridized carbons (Fsp3) is 0.364. The molecular formula is C22H22F2N4O5. The van der Waals surface area contributed by atoms with E-state index in [4.69, 9.17) is 4.42 Å². The van der Waals surface area contributed by atoms with Gasteiger partial charge in [-0.15, -0.1) is 0 Å². The number of nitrogens with zero attached hydrogens (tertiary/aromatic N) is 3. The predicted octanol–water partition coefficient (Wildman–Crippen LogP) is 1.70. The maximum Gasteiger partial charge on any atom is 0.326 e. The van der Waals surface area contributed by atoms with Gasteiger partial charge in [-0.05, 0) is 44.2 Å². The van der Waals surface area contributed by atoms with Crippen LogP contribution in [0.1, 0.15) is 30.0 Å². The molecule has 3 heterocycles. The van der Waals surface area contributed by atoms with Crippen LogP contribution in [-0.2, 0) is 15.1 Å². The van der Waals surface area contributed by atoms with Crippen molar-refractivity contribution in [3.05, 3.63) is 59.6 Å². The molecule has 1 aromatic heterocycles. The molecule has 2 aromatic rings. The largest absolute Gasteiger partial charge is 0.459 e. The maximum absolute atomic E-state index is 14.3. The van der Waals surface area contributed by atoms with Gasteiger partial charge in [0.2, 0.25) is 5.91 Å². The van der Waals surface area contributed by atoms with Crippen molar-refractivity contribution >= 4 is 23.8 Å². The summed E-state index contributed by atoms with van der Waals surface area (Å²) in [4.78, 5) is 54.9. The van der Waals surface area contributed by atoms with Gasteiger partial charge in [0, 0.05) is 31.7 Å². The summed E-state index contributed by atoms with van der Waals surface area (Å²) in [5.74, 6) is -3.06. The van der Waals surface area contributed by atoms with Crippen LogP contribution in [0.3, 0.4) is 0 Å². The van der Waals surface area contributed by atoms with Crippen LogP contribution in [0.15, 0.2) is 41.0 Å². The molecule has 1 N–H and O–H groups in total. The van der Waals surface area contributed by atoms with Crippen molar-refractivity contribution in [3.8, 4) is 0 Å². The lowest BCUT2D eigenvalue weighted by atomic mass is 9.91. The molecule has 0 aliphatic carbocycles. The van der Waals surface area contributed by atoms with Crippen LogP contribution in [0.4, 0.5) is 13.6 Å². The van der Waals surface area contributed by atoms with E-state index in [-0.39, 0.29) is 43.4 Å². The molecule has 2 aliphatic heterocycles. The first-order chi connectivity index (χ1) is 15.6. The average molecular weight is 460 g/mol. The molecule has 2 atom stereocenters. The molecule has 9 nitrogen and oxygen atoms in total. The first-order valence-electron chi connectivity index (χ1n) is 10.4. The molecule has 2 aliphatic rings. The second kappa shape index (κ2) is 8.30. The van der Waals surface area contributed by atoms with E-state index in [0.29, 0.717) is 0 Å². The molecular weight excluding hydrogens is 438 g/mol. The van der Waals surface area contributed by atoms with Crippen LogP contribution >= 0.6 is 0 Å². The van der Waals surface area contributed by atoms with Crippen molar-refractivity contribution in [1.82, 2.24) is 20.0 Å². The van der Waals surface area contributed by atoms with Gasteiger partial charge >= 0.3 is 6.03 Å². The van der Waals surface area contributed by atoms with Crippen LogP contribution < -0.4 is 5.32 Å². The summed E-state index contributed by atoms with van der Waals surface area (Å²) in [6.45, 7) is 3.58. The highest BCUT2D eigenvalue weighted by molar-refractivity contribution is 6.10. The number of carbonyl (C=O) groups is 4. The molecule has 0 saturated carbocycles. The minimum Gasteiger partial charge on any atom is -0.459 e. The van der Waals surface area contributed by atoms with E-state index in [1.165, 1.54) is 25.0 Å². The standard InChI is InChI=1S/C22H22F2N4O5/c1-13(18(29)26-7-9-27(10-8-26)19(30)17-4-3-11-33-17)28-20(31)22(2,25-21(28)32)15-12-14(23)5-6-16(15)24/h3-6,11-13H,7-10H2,1-2H3,(H,25,32)/t13-,22-/m1/s1. The molecule has 174 valence electrons. The Hall–Kier alpha value is -3.76. The number of carbonyl (C=O) groups excluding carboxylic acids is 4. The summed E-state index contributed by atoms with van der Waals surface area (Å²) >= 11 is 0. The number of furan rings is 1. The van der Waals surface area contributed by atoms with E-state index < -0.39 is 41.1 Å². The van der Waals surface area contributed by atoms with Gasteiger partial charge in [0.05, 0.1) is 6.26 Å². The molecule has 0 bridgehead atoms. The summed E-state index contributed by atoms with van der Waals surface area (Å²) in [6.07, 6.45) is 1.40. The Labute approximate surface area is 187 Å². The lowest BCUT2D eigenvalue weighted by Gasteiger charge is -2.36. The molecule has 2 fully saturated rings. The number of urea groups is 1. The van der Waals surface area contributed by atoms with Crippen LogP contribution in [0.25, 0.3) is 0 Å². The third-order valence-corrected chi connectivity index (χ3v) is 6.04. The molecule has 0 unspecified atom stereocenters. The van der Waals surface area contributed by atoms with E-state index in [9.17, 15) is 28.0 Å². The van der Waals surface area contributed by atoms with Gasteiger partial charge in [-0.2, -0.15) is 0 Å². The van der Waals surface area contributed by atoms with Crippen LogP contribution in [0.2, 0.25) is 0 Å². The highest BCUT2D eigenvalue weighted by Crippen LogP contribution is 2.32. The number of hydrogen-bond donors (Lipinski definition) is 1. The van der Waals surface area contributed by atoms with Gasteiger partial charge < -0.3 is 19.5 Å². The fourth-order valence-corrected chi connectivity index (χ4v) is 4.14. The third-order valence-electron chi connectivity index (χ3n) is 6.04. The Balaban J connectivity index is 1.46. The number of rotatable bonds is 4. The lowest BCUT2D eigenvalue weighted by molar-refractivity contribution is -0.143. The van der Waals surface area contributed by atoms with E-state index in [2.05, 4.69) is 5.32 Å². The smallest absolute Gasteiger partial charge is 0.326 e. The number of piperazine rings is 1. The van der Waals surface area contributed by atoms with Crippen molar-refractivity contribution < 1.29 is 32.4 Å². The number of imide groups is 1. The summed E-state index contributed by atoms with van der Waals surface area (Å²) in [6, 6.07) is 3.73. The minimum absolute atomic E-state index is 0.200. The number of halogens is 2. The van der Waals surface area contributed by atoms with Crippen LogP contribution in [-0.4, -0.2) is 70.7 Å². The summed E-state index contributed by atoms with van der Waals surface area (Å²) in [5.41, 5.74) is -2.18. The Morgan fingerprint density at radius 1 is 1.09 bits per heavy atom. The first-order valence-corrected chi connectivity index (χ1v) is 10.4. The third kappa shape index (κ3) is 3.83. The minimum atomic E-state index is -1.86. The van der Waals surface area contributed by atoms with Crippen molar-refractivity contribution in [3.63, 3.8) is 0 Å². The zero-order chi connectivity index (χ0) is 23.9. The molecule has 11 heteroatoms. The van der Waals surface area contributed by atoms with Gasteiger partial charge in [0.25, 0.3) is 11.8 Å². The fourth-order valence-electron chi connectivity index (χ4n) is 4.14. The van der Waals surface area contributed by atoms with Gasteiger partial charge in [-0.3, -0.25) is 14.4 Å². The maximum atomic E-state index is 14.3. The normalized spacial score (nSPS) is 21.9. The molecule has 4 rings (SSSR count). The highest BCUT2D eigenvalue weighted by Gasteiger charge is 2.53. The summed E-state index contributed by atoms with van der Waals surface area (Å²) < 4.78 is 33.2. The monoisotopic (exact) mass is 460 g/mol. The Morgan fingerprint density at radius 3 is 2.39 bits per heavy atom. The highest BCUT2D eigenvalue weighted by atomic mass is 19.1. The van der Waals surface area contributed by atoms with Crippen molar-refractivity contribution in [2.24, 2.45) is 0 Å². The number of amides is 5. The molecule has 0 radical (unpaired) electrons. The van der Waals surface area contributed by atoms with E-state index in [0.717, 1.165) is 23.1 Å². The number of hydrogen-bond acceptors (Lipinski definition) is 5. The summed E-state index contributed by atoms with van der Waals surface area (Å²) in [7, 11) is 0. The van der Waals surface area contributed by atoms with Crippen molar-refractivity contribution in [2.75, 3.05) is 26.2 Å². The molecule has 33 heavy (non-hydrogen) atoms. The van der Waals surface area contributed by atoms with Crippen molar-refractivity contribution in [2.45, 2.75) is 25.4 Å². The Kier molecular flexibility index (Phi) is 5.64. The predicted molar refractivity (Wildman–Crippen MR) is 110 cm³/mol. The number of benzene rings is 1. The second-order valence-corrected chi connectivity index (χ2v) is 8.13. The van der Waals surface area contributed by atoms with Gasteiger partial charge in [-0.1, -0.05) is 0 Å². The Bertz CT molecular complexity index is 1110. The van der Waals surface area contributed by atoms with E-state index in [1.54, 1.807) is 17.0 Å². The molecule has 1 aromatic carbocycles. The van der Waals surface area contributed by atoms with E-state index in [1.807, 2.05) is 0 Å². The van der Waals surface area contributed by atoms with Gasteiger partial charge in [0.15, 0.2) is 5.76 Å². The zero-order valence-corrected chi connectivity index (χ0v) is 18.0. The van der Waals surface area contributed by atoms with Crippen LogP contribution in [0, 0.1) is 11.6 Å². The van der Waals surface area contributed by atoms with E-state index >= 15 is 0 Å². The summed E-state index contributed by atoms with van der Waals surface area (Å²) in [5, 5.41) is 2.39. The van der Waals surface area contributed by atoms with Crippen LogP contribution in [0.5, 0.6) is 0 Å². The second-order valence-electron chi connectivity index (χ2n) is 8.13. The topological polar surface area (TPSA) is 103 Å². The average Bonchev–Trinajstić information content (AvgIpc) is 3.41. The molecule has 0 spiro atoms. The SMILES string of the molecule is C[C@H](C(=O)N1CCN(C(=O)c2ccco2)CC1)N1C(=O)N[C@](C)(c2cc(F)ccc2F)C1=O.